The molecule has 1 aromatic carbocycles. The van der Waals surface area contributed by atoms with Gasteiger partial charge in [-0.1, -0.05) is 12.1 Å². The third-order valence-corrected chi connectivity index (χ3v) is 6.17. The highest BCUT2D eigenvalue weighted by molar-refractivity contribution is 7.89. The van der Waals surface area contributed by atoms with Gasteiger partial charge in [-0.15, -0.1) is 0 Å². The maximum atomic E-state index is 12.4. The van der Waals surface area contributed by atoms with E-state index < -0.39 is 10.0 Å². The number of carbonyl (C=O) groups excluding carboxylic acids is 2. The Balaban J connectivity index is 1.57. The lowest BCUT2D eigenvalue weighted by Crippen LogP contribution is -2.50. The summed E-state index contributed by atoms with van der Waals surface area (Å²) in [6, 6.07) is 7.78. The summed E-state index contributed by atoms with van der Waals surface area (Å²) in [6.07, 6.45) is 1.75. The number of aryl methyl sites for hydroxylation is 1. The zero-order valence-electron chi connectivity index (χ0n) is 14.6. The van der Waals surface area contributed by atoms with Crippen molar-refractivity contribution in [2.75, 3.05) is 0 Å². The molecule has 1 aromatic heterocycles. The van der Waals surface area contributed by atoms with Gasteiger partial charge in [-0.05, 0) is 52.9 Å². The predicted octanol–water partition coefficient (Wildman–Crippen LogP) is 1.46. The predicted molar refractivity (Wildman–Crippen MR) is 103 cm³/mol. The molecule has 3 rings (SSSR count). The summed E-state index contributed by atoms with van der Waals surface area (Å²) in [5, 5.41) is 15.0. The van der Waals surface area contributed by atoms with E-state index in [-0.39, 0.29) is 35.2 Å². The van der Waals surface area contributed by atoms with Gasteiger partial charge in [0.2, 0.25) is 21.8 Å². The molecule has 1 aliphatic heterocycles. The van der Waals surface area contributed by atoms with Gasteiger partial charge in [0, 0.05) is 12.8 Å². The first-order chi connectivity index (χ1) is 12.8. The Morgan fingerprint density at radius 3 is 2.63 bits per heavy atom. The van der Waals surface area contributed by atoms with Crippen LogP contribution in [0.2, 0.25) is 0 Å². The number of piperidine rings is 1. The first-order valence-electron chi connectivity index (χ1n) is 8.55. The number of sulfonamides is 1. The molecule has 0 saturated carbocycles. The van der Waals surface area contributed by atoms with E-state index in [0.29, 0.717) is 19.3 Å². The molecule has 1 fully saturated rings. The number of nitrogens with one attached hydrogen (secondary N) is 2. The van der Waals surface area contributed by atoms with E-state index in [1.807, 2.05) is 16.8 Å². The summed E-state index contributed by atoms with van der Waals surface area (Å²) in [4.78, 5) is 24.2. The van der Waals surface area contributed by atoms with Gasteiger partial charge in [0.25, 0.3) is 0 Å². The van der Waals surface area contributed by atoms with Crippen LogP contribution in [-0.2, 0) is 26.0 Å². The van der Waals surface area contributed by atoms with Crippen LogP contribution < -0.4 is 15.8 Å². The molecule has 1 aliphatic rings. The Hall–Kier alpha value is -2.23. The fraction of sp³-hybridized carbons (Fsp3) is 0.333. The van der Waals surface area contributed by atoms with E-state index in [0.717, 1.165) is 11.1 Å². The Bertz CT molecular complexity index is 909. The van der Waals surface area contributed by atoms with Gasteiger partial charge in [0.15, 0.2) is 0 Å². The van der Waals surface area contributed by atoms with Crippen LogP contribution in [0.1, 0.15) is 36.4 Å². The standard InChI is InChI=1S/C18H21N3O4S2/c19-27(24,25)14-4-1-12(2-5-14)3-7-16(22)20-15-6-8-17(23)21-18(15)13-9-10-26-11-13/h1-2,4-5,9-11,15,18H,3,6-8H2,(H,20,22)(H,21,23)(H2,19,24,25)/t15-,18+/m1/s1. The minimum absolute atomic E-state index is 0.00774. The fourth-order valence-electron chi connectivity index (χ4n) is 3.11. The van der Waals surface area contributed by atoms with E-state index in [2.05, 4.69) is 10.6 Å². The van der Waals surface area contributed by atoms with E-state index in [4.69, 9.17) is 5.14 Å². The van der Waals surface area contributed by atoms with Crippen LogP contribution in [0.15, 0.2) is 46.0 Å². The highest BCUT2D eigenvalue weighted by Crippen LogP contribution is 2.26. The third-order valence-electron chi connectivity index (χ3n) is 4.54. The lowest BCUT2D eigenvalue weighted by molar-refractivity contribution is -0.127. The summed E-state index contributed by atoms with van der Waals surface area (Å²) >= 11 is 1.55. The van der Waals surface area contributed by atoms with E-state index in [1.54, 1.807) is 23.5 Å². The topological polar surface area (TPSA) is 118 Å². The Morgan fingerprint density at radius 2 is 2.00 bits per heavy atom. The molecular weight excluding hydrogens is 386 g/mol. The number of benzene rings is 1. The summed E-state index contributed by atoms with van der Waals surface area (Å²) < 4.78 is 22.5. The number of amides is 2. The number of nitrogens with two attached hydrogens (primary N) is 1. The molecule has 4 N–H and O–H groups in total. The number of rotatable bonds is 6. The summed E-state index contributed by atoms with van der Waals surface area (Å²) in [5.74, 6) is -0.112. The van der Waals surface area contributed by atoms with Crippen molar-refractivity contribution in [1.82, 2.24) is 10.6 Å². The lowest BCUT2D eigenvalue weighted by atomic mass is 9.93. The zero-order valence-corrected chi connectivity index (χ0v) is 16.2. The van der Waals surface area contributed by atoms with E-state index in [9.17, 15) is 18.0 Å². The fourth-order valence-corrected chi connectivity index (χ4v) is 4.32. The van der Waals surface area contributed by atoms with Crippen LogP contribution in [0.3, 0.4) is 0 Å². The van der Waals surface area contributed by atoms with Crippen molar-refractivity contribution >= 4 is 33.2 Å². The maximum Gasteiger partial charge on any atom is 0.238 e. The molecule has 144 valence electrons. The highest BCUT2D eigenvalue weighted by Gasteiger charge is 2.31. The Morgan fingerprint density at radius 1 is 1.26 bits per heavy atom. The number of thiophene rings is 1. The van der Waals surface area contributed by atoms with Gasteiger partial charge in [0.05, 0.1) is 17.0 Å². The average Bonchev–Trinajstić information content (AvgIpc) is 3.15. The number of hydrogen-bond acceptors (Lipinski definition) is 5. The highest BCUT2D eigenvalue weighted by atomic mass is 32.2. The van der Waals surface area contributed by atoms with Gasteiger partial charge in [-0.25, -0.2) is 13.6 Å². The molecule has 0 aliphatic carbocycles. The van der Waals surface area contributed by atoms with Gasteiger partial charge in [0.1, 0.15) is 0 Å². The van der Waals surface area contributed by atoms with Crippen LogP contribution in [-0.4, -0.2) is 26.3 Å². The number of hydrogen-bond donors (Lipinski definition) is 3. The minimum Gasteiger partial charge on any atom is -0.351 e. The smallest absolute Gasteiger partial charge is 0.238 e. The monoisotopic (exact) mass is 407 g/mol. The second-order valence-corrected chi connectivity index (χ2v) is 8.84. The molecule has 0 unspecified atom stereocenters. The normalized spacial score (nSPS) is 20.1. The van der Waals surface area contributed by atoms with Gasteiger partial charge < -0.3 is 10.6 Å². The number of carbonyl (C=O) groups is 2. The maximum absolute atomic E-state index is 12.4. The first kappa shape index (κ1) is 19.5. The molecule has 2 heterocycles. The van der Waals surface area contributed by atoms with Crippen molar-refractivity contribution in [2.45, 2.75) is 42.7 Å². The van der Waals surface area contributed by atoms with Gasteiger partial charge >= 0.3 is 0 Å². The average molecular weight is 408 g/mol. The van der Waals surface area contributed by atoms with Crippen molar-refractivity contribution < 1.29 is 18.0 Å². The molecule has 7 nitrogen and oxygen atoms in total. The van der Waals surface area contributed by atoms with Crippen molar-refractivity contribution in [3.63, 3.8) is 0 Å². The van der Waals surface area contributed by atoms with Crippen LogP contribution in [0.25, 0.3) is 0 Å². The molecule has 2 atom stereocenters. The van der Waals surface area contributed by atoms with E-state index >= 15 is 0 Å². The molecule has 2 aromatic rings. The van der Waals surface area contributed by atoms with Crippen LogP contribution in [0, 0.1) is 0 Å². The molecule has 2 amide bonds. The molecule has 0 spiro atoms. The lowest BCUT2D eigenvalue weighted by Gasteiger charge is -2.32. The second kappa shape index (κ2) is 8.20. The second-order valence-electron chi connectivity index (χ2n) is 6.50. The zero-order chi connectivity index (χ0) is 19.4. The molecular formula is C18H21N3O4S2. The summed E-state index contributed by atoms with van der Waals surface area (Å²) in [5.41, 5.74) is 1.85. The minimum atomic E-state index is -3.72. The SMILES string of the molecule is NS(=O)(=O)c1ccc(CCC(=O)N[C@@H]2CCC(=O)N[C@H]2c2ccsc2)cc1. The van der Waals surface area contributed by atoms with E-state index in [1.165, 1.54) is 12.1 Å². The van der Waals surface area contributed by atoms with Crippen LogP contribution in [0.5, 0.6) is 0 Å². The molecule has 0 bridgehead atoms. The van der Waals surface area contributed by atoms with Crippen molar-refractivity contribution in [2.24, 2.45) is 5.14 Å². The molecule has 27 heavy (non-hydrogen) atoms. The third kappa shape index (κ3) is 5.15. The Labute approximate surface area is 162 Å². The Kier molecular flexibility index (Phi) is 5.93. The summed E-state index contributed by atoms with van der Waals surface area (Å²) in [6.45, 7) is 0. The molecule has 1 saturated heterocycles. The van der Waals surface area contributed by atoms with Crippen LogP contribution >= 0.6 is 11.3 Å². The quantitative estimate of drug-likeness (QED) is 0.672. The van der Waals surface area contributed by atoms with Crippen LogP contribution in [0.4, 0.5) is 0 Å². The summed E-state index contributed by atoms with van der Waals surface area (Å²) in [7, 11) is -3.72. The van der Waals surface area contributed by atoms with Crippen molar-refractivity contribution in [3.8, 4) is 0 Å². The van der Waals surface area contributed by atoms with Crippen molar-refractivity contribution in [3.05, 3.63) is 52.2 Å². The number of primary sulfonamides is 1. The van der Waals surface area contributed by atoms with Gasteiger partial charge in [-0.2, -0.15) is 11.3 Å². The first-order valence-corrected chi connectivity index (χ1v) is 11.0. The van der Waals surface area contributed by atoms with Gasteiger partial charge in [-0.3, -0.25) is 9.59 Å². The molecule has 9 heteroatoms. The van der Waals surface area contributed by atoms with Crippen molar-refractivity contribution in [1.29, 1.82) is 0 Å². The largest absolute Gasteiger partial charge is 0.351 e. The molecule has 0 radical (unpaired) electrons.